The molecule has 7 rings (SSSR count). The quantitative estimate of drug-likeness (QED) is 0.581. The van der Waals surface area contributed by atoms with Crippen LogP contribution in [0.25, 0.3) is 11.0 Å². The van der Waals surface area contributed by atoms with Gasteiger partial charge in [0, 0.05) is 12.6 Å². The van der Waals surface area contributed by atoms with Crippen molar-refractivity contribution in [2.45, 2.75) is 49.7 Å². The van der Waals surface area contributed by atoms with Crippen LogP contribution in [0.3, 0.4) is 0 Å². The number of pyridine rings is 3. The van der Waals surface area contributed by atoms with Gasteiger partial charge in [-0.25, -0.2) is 14.4 Å². The van der Waals surface area contributed by atoms with Crippen LogP contribution in [0.4, 0.5) is 16.0 Å². The zero-order valence-electron chi connectivity index (χ0n) is 19.9. The fourth-order valence-corrected chi connectivity index (χ4v) is 5.63. The van der Waals surface area contributed by atoms with Crippen molar-refractivity contribution in [1.82, 2.24) is 15.0 Å². The molecule has 0 radical (unpaired) electrons. The first kappa shape index (κ1) is 22.6. The lowest BCUT2D eigenvalue weighted by molar-refractivity contribution is -0.156. The normalized spacial score (nSPS) is 24.5. The van der Waals surface area contributed by atoms with Gasteiger partial charge in [-0.1, -0.05) is 0 Å². The molecule has 36 heavy (non-hydrogen) atoms. The Bertz CT molecular complexity index is 1400. The topological polar surface area (TPSA) is 113 Å². The van der Waals surface area contributed by atoms with E-state index in [2.05, 4.69) is 25.2 Å². The van der Waals surface area contributed by atoms with Crippen molar-refractivity contribution in [1.29, 1.82) is 5.26 Å². The molecule has 3 aromatic heterocycles. The summed E-state index contributed by atoms with van der Waals surface area (Å²) in [7, 11) is 2.01. The van der Waals surface area contributed by atoms with Crippen molar-refractivity contribution in [2.24, 2.45) is 0 Å². The summed E-state index contributed by atoms with van der Waals surface area (Å²) in [5, 5.41) is 12.0. The van der Waals surface area contributed by atoms with Crippen molar-refractivity contribution in [3.63, 3.8) is 0 Å². The second kappa shape index (κ2) is 8.38. The first-order valence-electron chi connectivity index (χ1n) is 12.1. The Morgan fingerprint density at radius 3 is 2.78 bits per heavy atom. The van der Waals surface area contributed by atoms with Gasteiger partial charge in [-0.15, -0.1) is 0 Å². The van der Waals surface area contributed by atoms with Crippen molar-refractivity contribution in [2.75, 3.05) is 30.5 Å². The fourth-order valence-electron chi connectivity index (χ4n) is 5.63. The minimum atomic E-state index is -0.406. The average molecular weight is 489 g/mol. The highest BCUT2D eigenvalue weighted by atomic mass is 19.1. The third-order valence-corrected chi connectivity index (χ3v) is 7.96. The number of aromatic nitrogens is 3. The molecule has 3 aliphatic heterocycles. The zero-order chi connectivity index (χ0) is 24.9. The Morgan fingerprint density at radius 1 is 1.19 bits per heavy atom. The number of rotatable bonds is 5. The lowest BCUT2D eigenvalue weighted by Gasteiger charge is -2.56. The summed E-state index contributed by atoms with van der Waals surface area (Å²) in [6, 6.07) is 9.06. The molecule has 0 aromatic carbocycles. The number of hydrogen-bond acceptors (Lipinski definition) is 8. The number of likely N-dealkylation sites (N-methyl/N-ethyl adjacent to an activating group) is 1. The highest BCUT2D eigenvalue weighted by Crippen LogP contribution is 2.49. The van der Waals surface area contributed by atoms with Crippen LogP contribution in [0.5, 0.6) is 5.75 Å². The number of hydrogen-bond donors (Lipinski definition) is 1. The van der Waals surface area contributed by atoms with E-state index in [-0.39, 0.29) is 29.3 Å². The molecule has 1 aliphatic carbocycles. The van der Waals surface area contributed by atoms with E-state index in [0.717, 1.165) is 31.5 Å². The second-order valence-electron chi connectivity index (χ2n) is 9.87. The minimum absolute atomic E-state index is 0.00153. The van der Waals surface area contributed by atoms with Crippen LogP contribution in [0.15, 0.2) is 30.5 Å². The Labute approximate surface area is 207 Å². The number of carbonyl (C=O) groups is 1. The van der Waals surface area contributed by atoms with E-state index in [9.17, 15) is 14.4 Å². The van der Waals surface area contributed by atoms with Gasteiger partial charge >= 0.3 is 0 Å². The highest BCUT2D eigenvalue weighted by Gasteiger charge is 2.51. The number of nitriles is 1. The number of fused-ring (bicyclic) bond motifs is 5. The van der Waals surface area contributed by atoms with E-state index in [1.54, 1.807) is 12.1 Å². The molecule has 1 amide bonds. The first-order valence-corrected chi connectivity index (χ1v) is 12.1. The van der Waals surface area contributed by atoms with E-state index in [4.69, 9.17) is 9.47 Å². The Kier molecular flexibility index (Phi) is 5.26. The van der Waals surface area contributed by atoms with Crippen LogP contribution in [0, 0.1) is 17.1 Å². The Hall–Kier alpha value is -3.84. The number of amides is 1. The summed E-state index contributed by atoms with van der Waals surface area (Å²) in [5.74, 6) is 1.14. The zero-order valence-corrected chi connectivity index (χ0v) is 19.9. The van der Waals surface area contributed by atoms with Crippen LogP contribution < -0.4 is 15.0 Å². The average Bonchev–Trinajstić information content (AvgIpc) is 2.92. The first-order chi connectivity index (χ1) is 17.4. The molecule has 6 heterocycles. The predicted molar refractivity (Wildman–Crippen MR) is 129 cm³/mol. The molecule has 3 fully saturated rings. The molecule has 4 aliphatic rings. The fraction of sp³-hybridized carbons (Fsp3) is 0.423. The number of aryl methyl sites for hydroxylation is 1. The molecule has 184 valence electrons. The minimum Gasteiger partial charge on any atom is -0.480 e. The third-order valence-electron chi connectivity index (χ3n) is 7.96. The lowest BCUT2D eigenvalue weighted by Crippen LogP contribution is -2.62. The van der Waals surface area contributed by atoms with Crippen molar-refractivity contribution in [3.05, 3.63) is 47.5 Å². The molecule has 1 saturated carbocycles. The molecule has 2 saturated heterocycles. The van der Waals surface area contributed by atoms with Gasteiger partial charge in [0.2, 0.25) is 0 Å². The van der Waals surface area contributed by atoms with Gasteiger partial charge in [0.15, 0.2) is 18.2 Å². The number of nitrogens with zero attached hydrogens (tertiary/aromatic N) is 5. The maximum atomic E-state index is 14.8. The summed E-state index contributed by atoms with van der Waals surface area (Å²) >= 11 is 0. The number of ether oxygens (including phenoxy) is 2. The van der Waals surface area contributed by atoms with Crippen molar-refractivity contribution < 1.29 is 18.7 Å². The van der Waals surface area contributed by atoms with Crippen LogP contribution in [0.1, 0.15) is 43.4 Å². The summed E-state index contributed by atoms with van der Waals surface area (Å²) in [6.45, 7) is 0.542. The van der Waals surface area contributed by atoms with Crippen LogP contribution in [0.2, 0.25) is 0 Å². The maximum absolute atomic E-state index is 14.8. The number of anilines is 2. The number of halogens is 1. The van der Waals surface area contributed by atoms with E-state index in [1.807, 2.05) is 25.2 Å². The van der Waals surface area contributed by atoms with E-state index in [0.29, 0.717) is 47.6 Å². The van der Waals surface area contributed by atoms with Crippen LogP contribution in [-0.2, 0) is 16.0 Å². The van der Waals surface area contributed by atoms with Gasteiger partial charge in [0.05, 0.1) is 35.0 Å². The van der Waals surface area contributed by atoms with Gasteiger partial charge < -0.3 is 19.7 Å². The van der Waals surface area contributed by atoms with E-state index in [1.165, 1.54) is 6.20 Å². The van der Waals surface area contributed by atoms with Gasteiger partial charge in [-0.3, -0.25) is 9.78 Å². The molecule has 9 nitrogen and oxygen atoms in total. The van der Waals surface area contributed by atoms with Crippen LogP contribution in [-0.4, -0.2) is 52.3 Å². The van der Waals surface area contributed by atoms with Gasteiger partial charge in [0.25, 0.3) is 5.91 Å². The molecule has 3 aromatic rings. The van der Waals surface area contributed by atoms with E-state index >= 15 is 0 Å². The predicted octanol–water partition coefficient (Wildman–Crippen LogP) is 3.52. The largest absolute Gasteiger partial charge is 0.480 e. The molecule has 2 bridgehead atoms. The van der Waals surface area contributed by atoms with Gasteiger partial charge in [0.1, 0.15) is 23.4 Å². The monoisotopic (exact) mass is 488 g/mol. The number of carbonyl (C=O) groups excluding carboxylic acids is 1. The summed E-state index contributed by atoms with van der Waals surface area (Å²) in [4.78, 5) is 26.9. The third kappa shape index (κ3) is 3.71. The SMILES string of the molecule is CN(c1ccc2c(n1)NC(=O)CO2)C12CCC(CCc3c(F)cnc4ccc(C#N)nc34)(CC1)OC2. The smallest absolute Gasteiger partial charge is 0.263 e. The Morgan fingerprint density at radius 2 is 2.03 bits per heavy atom. The van der Waals surface area contributed by atoms with Crippen LogP contribution >= 0.6 is 0 Å². The van der Waals surface area contributed by atoms with Gasteiger partial charge in [-0.2, -0.15) is 5.26 Å². The summed E-state index contributed by atoms with van der Waals surface area (Å²) < 4.78 is 26.7. The molecular formula is C26H25FN6O3. The van der Waals surface area contributed by atoms with Crippen molar-refractivity contribution in [3.8, 4) is 11.8 Å². The molecular weight excluding hydrogens is 463 g/mol. The summed E-state index contributed by atoms with van der Waals surface area (Å²) in [5.41, 5.74) is 1.24. The molecule has 10 heteroatoms. The summed E-state index contributed by atoms with van der Waals surface area (Å²) in [6.07, 6.45) is 5.89. The molecule has 1 N–H and O–H groups in total. The number of nitrogens with one attached hydrogen (secondary N) is 1. The second-order valence-corrected chi connectivity index (χ2v) is 9.87. The highest BCUT2D eigenvalue weighted by molar-refractivity contribution is 5.94. The molecule has 0 atom stereocenters. The molecule has 0 spiro atoms. The maximum Gasteiger partial charge on any atom is 0.263 e. The lowest BCUT2D eigenvalue weighted by atomic mass is 9.68. The Balaban J connectivity index is 1.18. The van der Waals surface area contributed by atoms with Gasteiger partial charge in [-0.05, 0) is 62.8 Å². The van der Waals surface area contributed by atoms with Crippen molar-refractivity contribution >= 4 is 28.6 Å². The standard InChI is InChI=1S/C26H25FN6O3/c1-33(21-5-4-20-24(31-21)32-22(34)14-35-20)25-8-10-26(11-9-25,36-15-25)7-6-17-18(27)13-29-19-3-2-16(12-28)30-23(17)19/h2-5,13H,6-11,14-15H2,1H3,(H,31,32,34). The molecule has 0 unspecified atom stereocenters. The van der Waals surface area contributed by atoms with E-state index < -0.39 is 5.82 Å².